The van der Waals surface area contributed by atoms with Gasteiger partial charge >= 0.3 is 0 Å². The molecule has 1 N–H and O–H groups in total. The second-order valence-electron chi connectivity index (χ2n) is 5.21. The lowest BCUT2D eigenvalue weighted by Gasteiger charge is -2.04. The van der Waals surface area contributed by atoms with Gasteiger partial charge in [0.15, 0.2) is 0 Å². The second-order valence-corrected chi connectivity index (χ2v) is 5.21. The molecule has 0 spiro atoms. The van der Waals surface area contributed by atoms with Crippen LogP contribution in [0.15, 0.2) is 10.5 Å². The van der Waals surface area contributed by atoms with Crippen LogP contribution in [0.3, 0.4) is 0 Å². The summed E-state index contributed by atoms with van der Waals surface area (Å²) < 4.78 is 11.3. The third-order valence-electron chi connectivity index (χ3n) is 2.90. The molecule has 0 fully saturated rings. The third kappa shape index (κ3) is 5.69. The van der Waals surface area contributed by atoms with Crippen LogP contribution < -0.4 is 5.32 Å². The smallest absolute Gasteiger partial charge is 0.130 e. The van der Waals surface area contributed by atoms with Gasteiger partial charge in [0.25, 0.3) is 0 Å². The first-order chi connectivity index (χ1) is 8.63. The van der Waals surface area contributed by atoms with Gasteiger partial charge in [0.1, 0.15) is 18.1 Å². The van der Waals surface area contributed by atoms with Gasteiger partial charge in [0.2, 0.25) is 0 Å². The van der Waals surface area contributed by atoms with Gasteiger partial charge < -0.3 is 14.5 Å². The number of furan rings is 1. The number of ether oxygens (including phenoxy) is 1. The van der Waals surface area contributed by atoms with Crippen molar-refractivity contribution in [1.29, 1.82) is 0 Å². The molecule has 0 bridgehead atoms. The predicted octanol–water partition coefficient (Wildman–Crippen LogP) is 3.65. The highest BCUT2D eigenvalue weighted by molar-refractivity contribution is 5.20. The van der Waals surface area contributed by atoms with Crippen LogP contribution in [0, 0.1) is 12.8 Å². The molecule has 0 aliphatic heterocycles. The Labute approximate surface area is 111 Å². The van der Waals surface area contributed by atoms with Gasteiger partial charge in [0.05, 0.1) is 0 Å². The fourth-order valence-corrected chi connectivity index (χ4v) is 1.73. The van der Waals surface area contributed by atoms with Crippen LogP contribution in [0.1, 0.15) is 50.7 Å². The summed E-state index contributed by atoms with van der Waals surface area (Å²) in [6.07, 6.45) is 2.26. The maximum absolute atomic E-state index is 5.69. The van der Waals surface area contributed by atoms with E-state index in [0.717, 1.165) is 44.1 Å². The first-order valence-corrected chi connectivity index (χ1v) is 7.00. The SMILES string of the molecule is CCCNCc1cc(COCCC(C)C)oc1C. The molecule has 0 aromatic carbocycles. The van der Waals surface area contributed by atoms with Crippen molar-refractivity contribution in [2.75, 3.05) is 13.2 Å². The Morgan fingerprint density at radius 3 is 2.83 bits per heavy atom. The minimum Gasteiger partial charge on any atom is -0.464 e. The van der Waals surface area contributed by atoms with E-state index < -0.39 is 0 Å². The highest BCUT2D eigenvalue weighted by atomic mass is 16.5. The average molecular weight is 253 g/mol. The first kappa shape index (κ1) is 15.3. The molecule has 1 aromatic rings. The normalized spacial score (nSPS) is 11.4. The molecule has 18 heavy (non-hydrogen) atoms. The van der Waals surface area contributed by atoms with Crippen LogP contribution in [0.5, 0.6) is 0 Å². The van der Waals surface area contributed by atoms with E-state index in [1.54, 1.807) is 0 Å². The maximum atomic E-state index is 5.69. The fourth-order valence-electron chi connectivity index (χ4n) is 1.73. The van der Waals surface area contributed by atoms with Crippen molar-refractivity contribution in [2.45, 2.75) is 53.7 Å². The van der Waals surface area contributed by atoms with Crippen LogP contribution in [0.25, 0.3) is 0 Å². The molecule has 1 aromatic heterocycles. The Morgan fingerprint density at radius 2 is 2.17 bits per heavy atom. The third-order valence-corrected chi connectivity index (χ3v) is 2.90. The zero-order chi connectivity index (χ0) is 13.4. The summed E-state index contributed by atoms with van der Waals surface area (Å²) >= 11 is 0. The van der Waals surface area contributed by atoms with Gasteiger partial charge in [-0.05, 0) is 38.3 Å². The molecule has 0 aliphatic carbocycles. The van der Waals surface area contributed by atoms with E-state index in [-0.39, 0.29) is 0 Å². The highest BCUT2D eigenvalue weighted by Gasteiger charge is 2.07. The molecule has 3 heteroatoms. The monoisotopic (exact) mass is 253 g/mol. The largest absolute Gasteiger partial charge is 0.464 e. The quantitative estimate of drug-likeness (QED) is 0.682. The summed E-state index contributed by atoms with van der Waals surface area (Å²) in [6.45, 7) is 11.9. The lowest BCUT2D eigenvalue weighted by atomic mass is 10.1. The lowest BCUT2D eigenvalue weighted by molar-refractivity contribution is 0.0964. The standard InChI is InChI=1S/C15H27NO2/c1-5-7-16-10-14-9-15(18-13(14)4)11-17-8-6-12(2)3/h9,12,16H,5-8,10-11H2,1-4H3. The molecule has 1 heterocycles. The number of nitrogens with one attached hydrogen (secondary N) is 1. The van der Waals surface area contributed by atoms with E-state index in [9.17, 15) is 0 Å². The zero-order valence-electron chi connectivity index (χ0n) is 12.2. The number of hydrogen-bond acceptors (Lipinski definition) is 3. The average Bonchev–Trinajstić information content (AvgIpc) is 2.66. The predicted molar refractivity (Wildman–Crippen MR) is 74.6 cm³/mol. The van der Waals surface area contributed by atoms with E-state index in [0.29, 0.717) is 12.5 Å². The maximum Gasteiger partial charge on any atom is 0.130 e. The van der Waals surface area contributed by atoms with Crippen molar-refractivity contribution in [3.8, 4) is 0 Å². The van der Waals surface area contributed by atoms with Gasteiger partial charge in [0, 0.05) is 18.7 Å². The van der Waals surface area contributed by atoms with Crippen LogP contribution in [-0.4, -0.2) is 13.2 Å². The molecule has 0 atom stereocenters. The molecule has 1 rings (SSSR count). The number of aryl methyl sites for hydroxylation is 1. The Kier molecular flexibility index (Phi) is 7.06. The van der Waals surface area contributed by atoms with Crippen LogP contribution >= 0.6 is 0 Å². The highest BCUT2D eigenvalue weighted by Crippen LogP contribution is 2.15. The fraction of sp³-hybridized carbons (Fsp3) is 0.733. The Hall–Kier alpha value is -0.800. The Balaban J connectivity index is 2.31. The zero-order valence-corrected chi connectivity index (χ0v) is 12.2. The minimum absolute atomic E-state index is 0.585. The van der Waals surface area contributed by atoms with Gasteiger partial charge in [-0.3, -0.25) is 0 Å². The van der Waals surface area contributed by atoms with E-state index in [2.05, 4.69) is 32.2 Å². The summed E-state index contributed by atoms with van der Waals surface area (Å²) in [5.74, 6) is 2.63. The number of hydrogen-bond donors (Lipinski definition) is 1. The lowest BCUT2D eigenvalue weighted by Crippen LogP contribution is -2.13. The molecular weight excluding hydrogens is 226 g/mol. The van der Waals surface area contributed by atoms with E-state index in [4.69, 9.17) is 9.15 Å². The summed E-state index contributed by atoms with van der Waals surface area (Å²) in [5, 5.41) is 3.39. The van der Waals surface area contributed by atoms with Crippen LogP contribution in [-0.2, 0) is 17.9 Å². The van der Waals surface area contributed by atoms with Gasteiger partial charge in [-0.1, -0.05) is 20.8 Å². The molecular formula is C15H27NO2. The topological polar surface area (TPSA) is 34.4 Å². The summed E-state index contributed by atoms with van der Waals surface area (Å²) in [6, 6.07) is 2.10. The summed E-state index contributed by atoms with van der Waals surface area (Å²) in [7, 11) is 0. The summed E-state index contributed by atoms with van der Waals surface area (Å²) in [4.78, 5) is 0. The molecule has 0 amide bonds. The van der Waals surface area contributed by atoms with Crippen molar-refractivity contribution < 1.29 is 9.15 Å². The van der Waals surface area contributed by atoms with Crippen LogP contribution in [0.2, 0.25) is 0 Å². The van der Waals surface area contributed by atoms with Crippen molar-refractivity contribution in [1.82, 2.24) is 5.32 Å². The molecule has 3 nitrogen and oxygen atoms in total. The van der Waals surface area contributed by atoms with Crippen molar-refractivity contribution >= 4 is 0 Å². The molecule has 0 saturated carbocycles. The van der Waals surface area contributed by atoms with Crippen molar-refractivity contribution in [2.24, 2.45) is 5.92 Å². The van der Waals surface area contributed by atoms with E-state index in [1.165, 1.54) is 5.56 Å². The first-order valence-electron chi connectivity index (χ1n) is 7.00. The summed E-state index contributed by atoms with van der Waals surface area (Å²) in [5.41, 5.74) is 1.24. The van der Waals surface area contributed by atoms with Gasteiger partial charge in [-0.15, -0.1) is 0 Å². The van der Waals surface area contributed by atoms with Gasteiger partial charge in [-0.2, -0.15) is 0 Å². The molecule has 0 saturated heterocycles. The van der Waals surface area contributed by atoms with Crippen LogP contribution in [0.4, 0.5) is 0 Å². The second kappa shape index (κ2) is 8.33. The Bertz CT molecular complexity index is 331. The molecule has 0 radical (unpaired) electrons. The van der Waals surface area contributed by atoms with E-state index in [1.807, 2.05) is 6.92 Å². The molecule has 0 unspecified atom stereocenters. The van der Waals surface area contributed by atoms with Crippen molar-refractivity contribution in [3.05, 3.63) is 23.2 Å². The molecule has 104 valence electrons. The van der Waals surface area contributed by atoms with Gasteiger partial charge in [-0.25, -0.2) is 0 Å². The van der Waals surface area contributed by atoms with Crippen molar-refractivity contribution in [3.63, 3.8) is 0 Å². The van der Waals surface area contributed by atoms with E-state index >= 15 is 0 Å². The minimum atomic E-state index is 0.585. The Morgan fingerprint density at radius 1 is 1.39 bits per heavy atom. The number of rotatable bonds is 9. The molecule has 0 aliphatic rings.